The van der Waals surface area contributed by atoms with Crippen LogP contribution in [0.3, 0.4) is 0 Å². The molecule has 0 aliphatic heterocycles. The molecule has 0 amide bonds. The van der Waals surface area contributed by atoms with Crippen molar-refractivity contribution < 1.29 is 5.11 Å². The molecule has 0 atom stereocenters. The Hall–Kier alpha value is -4.12. The highest BCUT2D eigenvalue weighted by Crippen LogP contribution is 2.27. The van der Waals surface area contributed by atoms with Crippen molar-refractivity contribution in [3.05, 3.63) is 59.8 Å². The third-order valence-electron chi connectivity index (χ3n) is 3.96. The molecule has 130 valence electrons. The fraction of sp³-hybridized carbons (Fsp3) is 0.100. The number of aromatic nitrogens is 2. The molecule has 0 spiro atoms. The molecule has 7 heteroatoms. The van der Waals surface area contributed by atoms with Crippen LogP contribution in [0.15, 0.2) is 59.8 Å². The smallest absolute Gasteiger partial charge is 0.163 e. The third-order valence-corrected chi connectivity index (χ3v) is 3.96. The number of rotatable bonds is 5. The number of fused-ring (bicyclic) bond motifs is 1. The molecule has 3 rings (SSSR count). The number of aliphatic hydroxyl groups is 1. The van der Waals surface area contributed by atoms with E-state index < -0.39 is 0 Å². The van der Waals surface area contributed by atoms with E-state index in [2.05, 4.69) is 10.3 Å². The Kier molecular flexibility index (Phi) is 5.14. The molecule has 0 saturated heterocycles. The van der Waals surface area contributed by atoms with Crippen LogP contribution in [0.4, 0.5) is 5.69 Å². The van der Waals surface area contributed by atoms with Gasteiger partial charge in [0.15, 0.2) is 5.57 Å². The second-order valence-corrected chi connectivity index (χ2v) is 5.59. The van der Waals surface area contributed by atoms with Crippen molar-refractivity contribution in [2.24, 2.45) is 0 Å². The van der Waals surface area contributed by atoms with Crippen molar-refractivity contribution in [3.8, 4) is 29.6 Å². The van der Waals surface area contributed by atoms with Crippen LogP contribution in [0.1, 0.15) is 0 Å². The number of aliphatic hydroxyl groups excluding tert-OH is 1. The number of benzene rings is 2. The zero-order valence-corrected chi connectivity index (χ0v) is 14.2. The van der Waals surface area contributed by atoms with Gasteiger partial charge in [0.2, 0.25) is 0 Å². The van der Waals surface area contributed by atoms with Gasteiger partial charge in [0, 0.05) is 17.8 Å². The van der Waals surface area contributed by atoms with Crippen molar-refractivity contribution in [1.29, 1.82) is 15.8 Å². The summed E-state index contributed by atoms with van der Waals surface area (Å²) in [5.41, 5.74) is 2.56. The van der Waals surface area contributed by atoms with Crippen molar-refractivity contribution in [3.63, 3.8) is 0 Å². The molecule has 7 nitrogen and oxygen atoms in total. The Labute approximate surface area is 155 Å². The van der Waals surface area contributed by atoms with E-state index in [1.165, 1.54) is 0 Å². The summed E-state index contributed by atoms with van der Waals surface area (Å²) in [4.78, 5) is 4.66. The lowest BCUT2D eigenvalue weighted by atomic mass is 10.2. The van der Waals surface area contributed by atoms with Gasteiger partial charge in [0.25, 0.3) is 0 Å². The SMILES string of the molecule is N#CC(C#N)=C(C#N)Nc1ccc2c(c1)nc(-c1ccccc1)n2CCO. The first-order valence-electron chi connectivity index (χ1n) is 8.10. The first-order chi connectivity index (χ1) is 13.2. The van der Waals surface area contributed by atoms with Crippen molar-refractivity contribution in [1.82, 2.24) is 9.55 Å². The molecule has 2 aromatic carbocycles. The predicted molar refractivity (Wildman–Crippen MR) is 99.7 cm³/mol. The fourth-order valence-corrected chi connectivity index (χ4v) is 2.77. The van der Waals surface area contributed by atoms with E-state index >= 15 is 0 Å². The topological polar surface area (TPSA) is 121 Å². The summed E-state index contributed by atoms with van der Waals surface area (Å²) in [7, 11) is 0. The molecule has 0 bridgehead atoms. The molecule has 1 heterocycles. The maximum absolute atomic E-state index is 9.43. The van der Waals surface area contributed by atoms with Gasteiger partial charge in [0.05, 0.1) is 17.6 Å². The van der Waals surface area contributed by atoms with Crippen molar-refractivity contribution >= 4 is 16.7 Å². The summed E-state index contributed by atoms with van der Waals surface area (Å²) >= 11 is 0. The minimum absolute atomic E-state index is 0.0275. The molecule has 0 unspecified atom stereocenters. The lowest BCUT2D eigenvalue weighted by Gasteiger charge is -2.08. The summed E-state index contributed by atoms with van der Waals surface area (Å²) in [6, 6.07) is 20.1. The zero-order valence-electron chi connectivity index (χ0n) is 14.2. The molecule has 0 fully saturated rings. The standard InChI is InChI=1S/C20H14N6O/c21-11-15(12-22)18(13-23)24-16-6-7-19-17(10-16)25-20(26(19)8-9-27)14-4-2-1-3-5-14/h1-7,10,24,27H,8-9H2. The molecule has 2 N–H and O–H groups in total. The number of nitrogens with one attached hydrogen (secondary N) is 1. The minimum Gasteiger partial charge on any atom is -0.395 e. The number of imidazole rings is 1. The highest BCUT2D eigenvalue weighted by Gasteiger charge is 2.13. The molecular weight excluding hydrogens is 340 g/mol. The van der Waals surface area contributed by atoms with E-state index in [0.717, 1.165) is 16.9 Å². The highest BCUT2D eigenvalue weighted by molar-refractivity contribution is 5.84. The van der Waals surface area contributed by atoms with Gasteiger partial charge >= 0.3 is 0 Å². The number of nitrogens with zero attached hydrogens (tertiary/aromatic N) is 5. The van der Waals surface area contributed by atoms with Gasteiger partial charge in [-0.25, -0.2) is 4.98 Å². The lowest BCUT2D eigenvalue weighted by molar-refractivity contribution is 0.278. The number of anilines is 1. The summed E-state index contributed by atoms with van der Waals surface area (Å²) < 4.78 is 1.92. The van der Waals surface area contributed by atoms with Crippen molar-refractivity contribution in [2.75, 3.05) is 11.9 Å². The molecule has 0 aliphatic rings. The van der Waals surface area contributed by atoms with Gasteiger partial charge in [0.1, 0.15) is 29.7 Å². The number of allylic oxidation sites excluding steroid dienone is 2. The van der Waals surface area contributed by atoms with Crippen LogP contribution in [-0.2, 0) is 6.54 Å². The van der Waals surface area contributed by atoms with Gasteiger partial charge in [-0.3, -0.25) is 0 Å². The number of hydrogen-bond donors (Lipinski definition) is 2. The van der Waals surface area contributed by atoms with E-state index in [1.807, 2.05) is 47.0 Å². The number of hydrogen-bond acceptors (Lipinski definition) is 6. The van der Waals surface area contributed by atoms with E-state index in [9.17, 15) is 10.4 Å². The summed E-state index contributed by atoms with van der Waals surface area (Å²) in [5.74, 6) is 0.725. The van der Waals surface area contributed by atoms with Gasteiger partial charge in [-0.05, 0) is 18.2 Å². The second kappa shape index (κ2) is 7.84. The van der Waals surface area contributed by atoms with Gasteiger partial charge in [-0.15, -0.1) is 0 Å². The molecule has 0 aliphatic carbocycles. The molecular formula is C20H14N6O. The van der Waals surface area contributed by atoms with Crippen molar-refractivity contribution in [2.45, 2.75) is 6.54 Å². The molecule has 3 aromatic rings. The average molecular weight is 354 g/mol. The maximum atomic E-state index is 9.43. The third kappa shape index (κ3) is 3.48. The second-order valence-electron chi connectivity index (χ2n) is 5.59. The minimum atomic E-state index is -0.284. The first-order valence-corrected chi connectivity index (χ1v) is 8.10. The number of nitriles is 3. The monoisotopic (exact) mass is 354 g/mol. The van der Waals surface area contributed by atoms with Crippen LogP contribution in [0.25, 0.3) is 22.4 Å². The molecule has 27 heavy (non-hydrogen) atoms. The van der Waals surface area contributed by atoms with Gasteiger partial charge in [-0.1, -0.05) is 30.3 Å². The summed E-state index contributed by atoms with van der Waals surface area (Å²) in [5, 5.41) is 39.3. The molecule has 0 radical (unpaired) electrons. The largest absolute Gasteiger partial charge is 0.395 e. The van der Waals surface area contributed by atoms with Crippen LogP contribution in [0.5, 0.6) is 0 Å². The van der Waals surface area contributed by atoms with Crippen LogP contribution in [-0.4, -0.2) is 21.3 Å². The maximum Gasteiger partial charge on any atom is 0.163 e. The zero-order chi connectivity index (χ0) is 19.2. The van der Waals surface area contributed by atoms with E-state index in [1.54, 1.807) is 24.3 Å². The van der Waals surface area contributed by atoms with Crippen LogP contribution in [0, 0.1) is 34.0 Å². The van der Waals surface area contributed by atoms with E-state index in [0.29, 0.717) is 17.7 Å². The van der Waals surface area contributed by atoms with Gasteiger partial charge in [-0.2, -0.15) is 15.8 Å². The normalized spacial score (nSPS) is 9.85. The van der Waals surface area contributed by atoms with Crippen LogP contribution < -0.4 is 5.32 Å². The van der Waals surface area contributed by atoms with E-state index in [-0.39, 0.29) is 17.9 Å². The Bertz CT molecular complexity index is 1120. The molecule has 0 saturated carbocycles. The van der Waals surface area contributed by atoms with Crippen LogP contribution in [0.2, 0.25) is 0 Å². The average Bonchev–Trinajstić information content (AvgIpc) is 3.07. The quantitative estimate of drug-likeness (QED) is 0.679. The Balaban J connectivity index is 2.09. The van der Waals surface area contributed by atoms with Crippen LogP contribution >= 0.6 is 0 Å². The Morgan fingerprint density at radius 1 is 1.04 bits per heavy atom. The Morgan fingerprint density at radius 2 is 1.78 bits per heavy atom. The fourth-order valence-electron chi connectivity index (χ4n) is 2.77. The predicted octanol–water partition coefficient (Wildman–Crippen LogP) is 2.93. The summed E-state index contributed by atoms with van der Waals surface area (Å²) in [6.45, 7) is 0.365. The lowest BCUT2D eigenvalue weighted by Crippen LogP contribution is -2.04. The molecule has 1 aromatic heterocycles. The Morgan fingerprint density at radius 3 is 2.41 bits per heavy atom. The van der Waals surface area contributed by atoms with Gasteiger partial charge < -0.3 is 15.0 Å². The van der Waals surface area contributed by atoms with E-state index in [4.69, 9.17) is 10.5 Å². The highest BCUT2D eigenvalue weighted by atomic mass is 16.3. The summed E-state index contributed by atoms with van der Waals surface area (Å²) in [6.07, 6.45) is 0. The first kappa shape index (κ1) is 17.7.